The number of nitrogens with zero attached hydrogens (tertiary/aromatic N) is 3. The lowest BCUT2D eigenvalue weighted by molar-refractivity contribution is 0.525. The molecule has 0 unspecified atom stereocenters. The third-order valence-corrected chi connectivity index (χ3v) is 3.12. The minimum absolute atomic E-state index is 0.159. The van der Waals surface area contributed by atoms with Gasteiger partial charge in [0.1, 0.15) is 11.6 Å². The molecule has 0 saturated carbocycles. The lowest BCUT2D eigenvalue weighted by Crippen LogP contribution is -2.11. The Balaban J connectivity index is 2.09. The molecule has 4 nitrogen and oxygen atoms in total. The van der Waals surface area contributed by atoms with Gasteiger partial charge in [-0.25, -0.2) is 4.39 Å². The first-order chi connectivity index (χ1) is 8.25. The van der Waals surface area contributed by atoms with E-state index in [9.17, 15) is 4.39 Å². The Morgan fingerprint density at radius 1 is 1.24 bits per heavy atom. The van der Waals surface area contributed by atoms with Gasteiger partial charge in [-0.15, -0.1) is 10.2 Å². The Kier molecular flexibility index (Phi) is 2.31. The second-order valence-electron chi connectivity index (χ2n) is 4.28. The van der Waals surface area contributed by atoms with Gasteiger partial charge in [-0.05, 0) is 31.0 Å². The van der Waals surface area contributed by atoms with Crippen LogP contribution in [0, 0.1) is 5.82 Å². The molecule has 0 spiro atoms. The largest absolute Gasteiger partial charge is 0.396 e. The van der Waals surface area contributed by atoms with Gasteiger partial charge < -0.3 is 10.3 Å². The second-order valence-corrected chi connectivity index (χ2v) is 4.28. The molecule has 3 rings (SSSR count). The Hall–Kier alpha value is -1.91. The molecular weight excluding hydrogens is 219 g/mol. The number of rotatable bonds is 1. The zero-order chi connectivity index (χ0) is 11.8. The molecule has 2 aromatic rings. The van der Waals surface area contributed by atoms with E-state index in [-0.39, 0.29) is 5.69 Å². The van der Waals surface area contributed by atoms with Crippen LogP contribution in [-0.4, -0.2) is 14.8 Å². The molecule has 2 heterocycles. The van der Waals surface area contributed by atoms with Crippen LogP contribution in [0.2, 0.25) is 0 Å². The van der Waals surface area contributed by atoms with Gasteiger partial charge >= 0.3 is 0 Å². The average molecular weight is 232 g/mol. The molecule has 1 aliphatic heterocycles. The first kappa shape index (κ1) is 10.3. The van der Waals surface area contributed by atoms with E-state index in [4.69, 9.17) is 5.73 Å². The van der Waals surface area contributed by atoms with Crippen LogP contribution < -0.4 is 5.73 Å². The average Bonchev–Trinajstić information content (AvgIpc) is 2.76. The molecule has 1 aromatic carbocycles. The Bertz CT molecular complexity index is 562. The molecule has 0 bridgehead atoms. The lowest BCUT2D eigenvalue weighted by atomic mass is 10.1. The summed E-state index contributed by atoms with van der Waals surface area (Å²) < 4.78 is 15.5. The Labute approximate surface area is 98.3 Å². The maximum Gasteiger partial charge on any atom is 0.164 e. The molecule has 17 heavy (non-hydrogen) atoms. The van der Waals surface area contributed by atoms with Crippen LogP contribution in [0.5, 0.6) is 0 Å². The van der Waals surface area contributed by atoms with Gasteiger partial charge in [0.15, 0.2) is 5.82 Å². The van der Waals surface area contributed by atoms with E-state index >= 15 is 0 Å². The van der Waals surface area contributed by atoms with Crippen molar-refractivity contribution in [2.45, 2.75) is 25.8 Å². The summed E-state index contributed by atoms with van der Waals surface area (Å²) in [5.41, 5.74) is 6.36. The van der Waals surface area contributed by atoms with E-state index in [1.54, 1.807) is 12.1 Å². The van der Waals surface area contributed by atoms with E-state index in [0.29, 0.717) is 0 Å². The first-order valence-electron chi connectivity index (χ1n) is 5.73. The van der Waals surface area contributed by atoms with Gasteiger partial charge in [0, 0.05) is 18.5 Å². The summed E-state index contributed by atoms with van der Waals surface area (Å²) in [6, 6.07) is 4.76. The molecule has 1 aromatic heterocycles. The SMILES string of the molecule is Nc1ccc(-c2nnc3n2CCCC3)cc1F. The maximum atomic E-state index is 13.4. The molecule has 0 fully saturated rings. The monoisotopic (exact) mass is 232 g/mol. The number of anilines is 1. The smallest absolute Gasteiger partial charge is 0.164 e. The number of benzene rings is 1. The zero-order valence-electron chi connectivity index (χ0n) is 9.36. The number of hydrogen-bond donors (Lipinski definition) is 1. The summed E-state index contributed by atoms with van der Waals surface area (Å²) in [6.45, 7) is 0.906. The zero-order valence-corrected chi connectivity index (χ0v) is 9.36. The van der Waals surface area contributed by atoms with Gasteiger partial charge in [0.25, 0.3) is 0 Å². The normalized spacial score (nSPS) is 14.6. The number of halogens is 1. The van der Waals surface area contributed by atoms with Crippen LogP contribution in [0.25, 0.3) is 11.4 Å². The van der Waals surface area contributed by atoms with Crippen molar-refractivity contribution in [2.75, 3.05) is 5.73 Å². The van der Waals surface area contributed by atoms with E-state index in [1.165, 1.54) is 6.07 Å². The highest BCUT2D eigenvalue weighted by Crippen LogP contribution is 2.24. The minimum Gasteiger partial charge on any atom is -0.396 e. The number of aryl methyl sites for hydroxylation is 1. The topological polar surface area (TPSA) is 56.7 Å². The lowest BCUT2D eigenvalue weighted by Gasteiger charge is -2.14. The molecule has 0 amide bonds. The van der Waals surface area contributed by atoms with Crippen molar-refractivity contribution >= 4 is 5.69 Å². The van der Waals surface area contributed by atoms with Crippen molar-refractivity contribution in [1.82, 2.24) is 14.8 Å². The Morgan fingerprint density at radius 2 is 2.12 bits per heavy atom. The van der Waals surface area contributed by atoms with Gasteiger partial charge in [0.2, 0.25) is 0 Å². The van der Waals surface area contributed by atoms with Crippen molar-refractivity contribution in [1.29, 1.82) is 0 Å². The van der Waals surface area contributed by atoms with Crippen LogP contribution in [0.15, 0.2) is 18.2 Å². The molecule has 2 N–H and O–H groups in total. The van der Waals surface area contributed by atoms with Crippen LogP contribution in [0.4, 0.5) is 10.1 Å². The van der Waals surface area contributed by atoms with Crippen molar-refractivity contribution < 1.29 is 4.39 Å². The summed E-state index contributed by atoms with van der Waals surface area (Å²) in [7, 11) is 0. The van der Waals surface area contributed by atoms with Gasteiger partial charge in [0.05, 0.1) is 5.69 Å². The maximum absolute atomic E-state index is 13.4. The number of nitrogens with two attached hydrogens (primary N) is 1. The summed E-state index contributed by atoms with van der Waals surface area (Å²) in [4.78, 5) is 0. The predicted octanol–water partition coefficient (Wildman–Crippen LogP) is 2.00. The third-order valence-electron chi connectivity index (χ3n) is 3.12. The molecule has 0 aliphatic carbocycles. The summed E-state index contributed by atoms with van der Waals surface area (Å²) in [5, 5.41) is 8.29. The number of hydrogen-bond acceptors (Lipinski definition) is 3. The fourth-order valence-corrected chi connectivity index (χ4v) is 2.19. The standard InChI is InChI=1S/C12H13FN4/c13-9-7-8(4-5-10(9)14)12-16-15-11-3-1-2-6-17(11)12/h4-5,7H,1-3,6,14H2. The van der Waals surface area contributed by atoms with E-state index in [2.05, 4.69) is 14.8 Å². The fraction of sp³-hybridized carbons (Fsp3) is 0.333. The molecule has 5 heteroatoms. The van der Waals surface area contributed by atoms with Crippen LogP contribution in [0.3, 0.4) is 0 Å². The Morgan fingerprint density at radius 3 is 2.94 bits per heavy atom. The third kappa shape index (κ3) is 1.67. The summed E-state index contributed by atoms with van der Waals surface area (Å²) in [5.74, 6) is 1.32. The van der Waals surface area contributed by atoms with Crippen LogP contribution in [0.1, 0.15) is 18.7 Å². The van der Waals surface area contributed by atoms with Gasteiger partial charge in [-0.2, -0.15) is 0 Å². The molecule has 0 saturated heterocycles. The first-order valence-corrected chi connectivity index (χ1v) is 5.73. The quantitative estimate of drug-likeness (QED) is 0.765. The molecule has 1 aliphatic rings. The van der Waals surface area contributed by atoms with Crippen molar-refractivity contribution in [3.05, 3.63) is 29.8 Å². The number of aromatic nitrogens is 3. The molecule has 88 valence electrons. The van der Waals surface area contributed by atoms with Crippen molar-refractivity contribution in [3.63, 3.8) is 0 Å². The molecule has 0 radical (unpaired) electrons. The highest BCUT2D eigenvalue weighted by atomic mass is 19.1. The van der Waals surface area contributed by atoms with Crippen molar-refractivity contribution in [3.8, 4) is 11.4 Å². The van der Waals surface area contributed by atoms with Crippen LogP contribution >= 0.6 is 0 Å². The molecular formula is C12H13FN4. The molecule has 0 atom stereocenters. The van der Waals surface area contributed by atoms with E-state index in [0.717, 1.165) is 43.0 Å². The van der Waals surface area contributed by atoms with E-state index in [1.807, 2.05) is 0 Å². The number of nitrogen functional groups attached to an aromatic ring is 1. The van der Waals surface area contributed by atoms with Gasteiger partial charge in [-0.1, -0.05) is 0 Å². The van der Waals surface area contributed by atoms with Crippen LogP contribution in [-0.2, 0) is 13.0 Å². The highest BCUT2D eigenvalue weighted by molar-refractivity contribution is 5.59. The predicted molar refractivity (Wildman–Crippen MR) is 62.8 cm³/mol. The highest BCUT2D eigenvalue weighted by Gasteiger charge is 2.17. The minimum atomic E-state index is -0.407. The number of fused-ring (bicyclic) bond motifs is 1. The van der Waals surface area contributed by atoms with Gasteiger partial charge in [-0.3, -0.25) is 0 Å². The fourth-order valence-electron chi connectivity index (χ4n) is 2.19. The summed E-state index contributed by atoms with van der Waals surface area (Å²) in [6.07, 6.45) is 3.22. The summed E-state index contributed by atoms with van der Waals surface area (Å²) >= 11 is 0. The second kappa shape index (κ2) is 3.84. The van der Waals surface area contributed by atoms with E-state index < -0.39 is 5.82 Å². The van der Waals surface area contributed by atoms with Crippen molar-refractivity contribution in [2.24, 2.45) is 0 Å².